The Kier molecular flexibility index (Phi) is 3.20. The van der Waals surface area contributed by atoms with Crippen molar-refractivity contribution in [1.82, 2.24) is 0 Å². The second-order valence-electron chi connectivity index (χ2n) is 4.42. The van der Waals surface area contributed by atoms with Crippen LogP contribution in [-0.2, 0) is 6.42 Å². The third-order valence-corrected chi connectivity index (χ3v) is 3.28. The van der Waals surface area contributed by atoms with Crippen LogP contribution in [0.25, 0.3) is 0 Å². The molecule has 1 nitrogen and oxygen atoms in total. The van der Waals surface area contributed by atoms with Gasteiger partial charge >= 0.3 is 0 Å². The molecule has 0 heterocycles. The summed E-state index contributed by atoms with van der Waals surface area (Å²) in [6.45, 7) is 2.20. The molecule has 0 spiro atoms. The molecule has 1 unspecified atom stereocenters. The zero-order chi connectivity index (χ0) is 10.7. The van der Waals surface area contributed by atoms with Crippen LogP contribution in [0.5, 0.6) is 0 Å². The summed E-state index contributed by atoms with van der Waals surface area (Å²) in [6, 6.07) is 8.05. The highest BCUT2D eigenvalue weighted by Gasteiger charge is 2.28. The standard InChI is InChI=1S/C14H18O/c1-2-3-4-8-12-10-11-7-5-6-9-13(11)14(12)15/h5-7,9,12H,2-4,8,10H2,1H3. The van der Waals surface area contributed by atoms with Crippen molar-refractivity contribution in [3.63, 3.8) is 0 Å². The summed E-state index contributed by atoms with van der Waals surface area (Å²) < 4.78 is 0. The van der Waals surface area contributed by atoms with Gasteiger partial charge in [0.2, 0.25) is 0 Å². The number of carbonyl (C=O) groups excluding carboxylic acids is 1. The van der Waals surface area contributed by atoms with Gasteiger partial charge in [0.15, 0.2) is 5.78 Å². The molecular formula is C14H18O. The zero-order valence-corrected chi connectivity index (χ0v) is 9.33. The lowest BCUT2D eigenvalue weighted by Crippen LogP contribution is -2.08. The molecule has 0 saturated heterocycles. The number of Topliss-reactive ketones (excluding diaryl/α,β-unsaturated/α-hetero) is 1. The fraction of sp³-hybridized carbons (Fsp3) is 0.500. The Bertz CT molecular complexity index is 354. The third kappa shape index (κ3) is 2.11. The lowest BCUT2D eigenvalue weighted by atomic mass is 9.97. The Morgan fingerprint density at radius 3 is 2.80 bits per heavy atom. The van der Waals surface area contributed by atoms with E-state index in [9.17, 15) is 4.79 Å². The molecule has 80 valence electrons. The topological polar surface area (TPSA) is 17.1 Å². The minimum Gasteiger partial charge on any atom is -0.294 e. The van der Waals surface area contributed by atoms with Crippen molar-refractivity contribution < 1.29 is 4.79 Å². The minimum absolute atomic E-state index is 0.272. The molecule has 15 heavy (non-hydrogen) atoms. The van der Waals surface area contributed by atoms with Gasteiger partial charge in [-0.3, -0.25) is 4.79 Å². The van der Waals surface area contributed by atoms with Gasteiger partial charge in [0.25, 0.3) is 0 Å². The number of hydrogen-bond donors (Lipinski definition) is 0. The summed E-state index contributed by atoms with van der Waals surface area (Å²) in [7, 11) is 0. The van der Waals surface area contributed by atoms with Crippen LogP contribution < -0.4 is 0 Å². The van der Waals surface area contributed by atoms with Gasteiger partial charge in [0.05, 0.1) is 0 Å². The van der Waals surface area contributed by atoms with Crippen LogP contribution in [0.4, 0.5) is 0 Å². The fourth-order valence-electron chi connectivity index (χ4n) is 2.39. The van der Waals surface area contributed by atoms with Crippen LogP contribution in [0.15, 0.2) is 24.3 Å². The van der Waals surface area contributed by atoms with E-state index in [1.165, 1.54) is 24.8 Å². The Morgan fingerprint density at radius 2 is 2.07 bits per heavy atom. The first kappa shape index (κ1) is 10.4. The third-order valence-electron chi connectivity index (χ3n) is 3.28. The van der Waals surface area contributed by atoms with Gasteiger partial charge in [-0.05, 0) is 18.4 Å². The fourth-order valence-corrected chi connectivity index (χ4v) is 2.39. The van der Waals surface area contributed by atoms with E-state index in [1.807, 2.05) is 18.2 Å². The molecule has 1 aromatic carbocycles. The van der Waals surface area contributed by atoms with Gasteiger partial charge in [-0.15, -0.1) is 0 Å². The van der Waals surface area contributed by atoms with Gasteiger partial charge in [0, 0.05) is 11.5 Å². The van der Waals surface area contributed by atoms with E-state index in [1.54, 1.807) is 0 Å². The SMILES string of the molecule is CCCCCC1Cc2ccccc2C1=O. The van der Waals surface area contributed by atoms with E-state index in [0.29, 0.717) is 5.78 Å². The molecule has 1 aromatic rings. The van der Waals surface area contributed by atoms with E-state index in [2.05, 4.69) is 13.0 Å². The first-order valence-corrected chi connectivity index (χ1v) is 5.95. The molecule has 0 aromatic heterocycles. The summed E-state index contributed by atoms with van der Waals surface area (Å²) in [5.41, 5.74) is 2.22. The second kappa shape index (κ2) is 4.61. The van der Waals surface area contributed by atoms with Gasteiger partial charge < -0.3 is 0 Å². The van der Waals surface area contributed by atoms with Crippen LogP contribution in [-0.4, -0.2) is 5.78 Å². The first-order chi connectivity index (χ1) is 7.33. The second-order valence-corrected chi connectivity index (χ2v) is 4.42. The molecule has 2 rings (SSSR count). The van der Waals surface area contributed by atoms with E-state index in [4.69, 9.17) is 0 Å². The molecule has 1 aliphatic carbocycles. The predicted molar refractivity (Wildman–Crippen MR) is 62.1 cm³/mol. The van der Waals surface area contributed by atoms with Crippen LogP contribution in [0.3, 0.4) is 0 Å². The Labute approximate surface area is 91.5 Å². The number of hydrogen-bond acceptors (Lipinski definition) is 1. The van der Waals surface area contributed by atoms with Gasteiger partial charge in [-0.25, -0.2) is 0 Å². The van der Waals surface area contributed by atoms with Crippen molar-refractivity contribution in [2.24, 2.45) is 5.92 Å². The Balaban J connectivity index is 2.01. The maximum atomic E-state index is 12.0. The maximum absolute atomic E-state index is 12.0. The highest BCUT2D eigenvalue weighted by Crippen LogP contribution is 2.29. The van der Waals surface area contributed by atoms with Crippen LogP contribution in [0.1, 0.15) is 48.5 Å². The maximum Gasteiger partial charge on any atom is 0.166 e. The van der Waals surface area contributed by atoms with E-state index in [0.717, 1.165) is 18.4 Å². The number of unbranched alkanes of at least 4 members (excludes halogenated alkanes) is 2. The lowest BCUT2D eigenvalue weighted by molar-refractivity contribution is 0.0929. The van der Waals surface area contributed by atoms with E-state index in [-0.39, 0.29) is 5.92 Å². The molecule has 1 atom stereocenters. The van der Waals surface area contributed by atoms with Crippen LogP contribution in [0.2, 0.25) is 0 Å². The Morgan fingerprint density at radius 1 is 1.27 bits per heavy atom. The number of benzene rings is 1. The molecule has 0 amide bonds. The molecule has 1 heteroatoms. The van der Waals surface area contributed by atoms with Crippen molar-refractivity contribution in [1.29, 1.82) is 0 Å². The molecule has 0 N–H and O–H groups in total. The monoisotopic (exact) mass is 202 g/mol. The molecule has 0 fully saturated rings. The highest BCUT2D eigenvalue weighted by molar-refractivity contribution is 6.02. The zero-order valence-electron chi connectivity index (χ0n) is 9.33. The number of ketones is 1. The molecule has 1 aliphatic rings. The quantitative estimate of drug-likeness (QED) is 0.681. The number of carbonyl (C=O) groups is 1. The highest BCUT2D eigenvalue weighted by atomic mass is 16.1. The first-order valence-electron chi connectivity index (χ1n) is 5.95. The summed E-state index contributed by atoms with van der Waals surface area (Å²) in [5, 5.41) is 0. The van der Waals surface area contributed by atoms with Gasteiger partial charge in [-0.2, -0.15) is 0 Å². The van der Waals surface area contributed by atoms with E-state index >= 15 is 0 Å². The summed E-state index contributed by atoms with van der Waals surface area (Å²) in [6.07, 6.45) is 5.72. The van der Waals surface area contributed by atoms with E-state index < -0.39 is 0 Å². The number of rotatable bonds is 4. The normalized spacial score (nSPS) is 19.3. The molecule has 0 bridgehead atoms. The van der Waals surface area contributed by atoms with Crippen molar-refractivity contribution >= 4 is 5.78 Å². The van der Waals surface area contributed by atoms with Gasteiger partial charge in [-0.1, -0.05) is 50.5 Å². The van der Waals surface area contributed by atoms with Crippen molar-refractivity contribution in [2.45, 2.75) is 39.0 Å². The molecule has 0 saturated carbocycles. The minimum atomic E-state index is 0.272. The van der Waals surface area contributed by atoms with Crippen molar-refractivity contribution in [3.8, 4) is 0 Å². The van der Waals surface area contributed by atoms with Crippen LogP contribution in [0, 0.1) is 5.92 Å². The Hall–Kier alpha value is -1.11. The molecular weight excluding hydrogens is 184 g/mol. The average molecular weight is 202 g/mol. The largest absolute Gasteiger partial charge is 0.294 e. The average Bonchev–Trinajstić information content (AvgIpc) is 2.57. The predicted octanol–water partition coefficient (Wildman–Crippen LogP) is 3.62. The smallest absolute Gasteiger partial charge is 0.166 e. The van der Waals surface area contributed by atoms with Crippen LogP contribution >= 0.6 is 0 Å². The molecule has 0 radical (unpaired) electrons. The van der Waals surface area contributed by atoms with Crippen molar-refractivity contribution in [3.05, 3.63) is 35.4 Å². The number of fused-ring (bicyclic) bond motifs is 1. The van der Waals surface area contributed by atoms with Crippen molar-refractivity contribution in [2.75, 3.05) is 0 Å². The van der Waals surface area contributed by atoms with Gasteiger partial charge in [0.1, 0.15) is 0 Å². The summed E-state index contributed by atoms with van der Waals surface area (Å²) in [4.78, 5) is 12.0. The molecule has 0 aliphatic heterocycles. The summed E-state index contributed by atoms with van der Waals surface area (Å²) in [5.74, 6) is 0.649. The lowest BCUT2D eigenvalue weighted by Gasteiger charge is -2.06. The summed E-state index contributed by atoms with van der Waals surface area (Å²) >= 11 is 0.